The van der Waals surface area contributed by atoms with Crippen LogP contribution in [0.4, 0.5) is 0 Å². The van der Waals surface area contributed by atoms with Gasteiger partial charge in [0.1, 0.15) is 11.4 Å². The molecule has 0 radical (unpaired) electrons. The minimum atomic E-state index is -0.388. The second kappa shape index (κ2) is 19.7. The number of nitrogens with one attached hydrogen (secondary N) is 1. The molecule has 7 nitrogen and oxygen atoms in total. The summed E-state index contributed by atoms with van der Waals surface area (Å²) in [7, 11) is 0. The Balaban J connectivity index is 1.49. The Hall–Kier alpha value is -2.41. The van der Waals surface area contributed by atoms with Gasteiger partial charge in [-0.25, -0.2) is 0 Å². The maximum atomic E-state index is 12.3. The van der Waals surface area contributed by atoms with E-state index in [0.29, 0.717) is 31.4 Å². The average Bonchev–Trinajstić information content (AvgIpc) is 3.37. The van der Waals surface area contributed by atoms with Crippen molar-refractivity contribution >= 4 is 5.91 Å². The minimum Gasteiger partial charge on any atom is -0.488 e. The molecule has 0 bridgehead atoms. The third kappa shape index (κ3) is 16.3. The standard InChI is InChI=1S/C35H59N3O4/c1-7-8-9-10-11-12-13-14-15-16-17-18-19-20-32(39)36-27-25-34(3,4)40-28-26-35(5,6)42-31-23-21-30(22-24-31)33-38-37-29(2)41-33/h21-24H,7-20,25-28H2,1-6H3,(H,36,39). The molecule has 0 unspecified atom stereocenters. The smallest absolute Gasteiger partial charge is 0.247 e. The van der Waals surface area contributed by atoms with Crippen LogP contribution in [0.5, 0.6) is 5.75 Å². The molecular formula is C35H59N3O4. The van der Waals surface area contributed by atoms with Gasteiger partial charge in [-0.15, -0.1) is 10.2 Å². The maximum absolute atomic E-state index is 12.3. The van der Waals surface area contributed by atoms with Crippen LogP contribution < -0.4 is 10.1 Å². The molecule has 0 aliphatic carbocycles. The first-order valence-corrected chi connectivity index (χ1v) is 16.6. The lowest BCUT2D eigenvalue weighted by molar-refractivity contribution is -0.121. The van der Waals surface area contributed by atoms with Gasteiger partial charge in [0.15, 0.2) is 0 Å². The second-order valence-electron chi connectivity index (χ2n) is 13.0. The summed E-state index contributed by atoms with van der Waals surface area (Å²) in [4.78, 5) is 12.3. The number of aryl methyl sites for hydroxylation is 1. The van der Waals surface area contributed by atoms with Crippen molar-refractivity contribution in [2.75, 3.05) is 13.2 Å². The highest BCUT2D eigenvalue weighted by molar-refractivity contribution is 5.75. The number of benzene rings is 1. The molecule has 2 aromatic rings. The number of unbranched alkanes of at least 4 members (excludes halogenated alkanes) is 12. The largest absolute Gasteiger partial charge is 0.488 e. The lowest BCUT2D eigenvalue weighted by atomic mass is 10.0. The number of rotatable bonds is 24. The number of aromatic nitrogens is 2. The van der Waals surface area contributed by atoms with Crippen molar-refractivity contribution in [1.29, 1.82) is 0 Å². The molecule has 0 saturated carbocycles. The van der Waals surface area contributed by atoms with Crippen LogP contribution in [-0.2, 0) is 9.53 Å². The van der Waals surface area contributed by atoms with E-state index in [1.807, 2.05) is 24.3 Å². The molecule has 0 spiro atoms. The van der Waals surface area contributed by atoms with Crippen LogP contribution in [0.3, 0.4) is 0 Å². The molecule has 7 heteroatoms. The summed E-state index contributed by atoms with van der Waals surface area (Å²) < 4.78 is 17.9. The third-order valence-corrected chi connectivity index (χ3v) is 7.77. The zero-order chi connectivity index (χ0) is 30.7. The van der Waals surface area contributed by atoms with Gasteiger partial charge in [0.25, 0.3) is 0 Å². The van der Waals surface area contributed by atoms with Gasteiger partial charge >= 0.3 is 0 Å². The van der Waals surface area contributed by atoms with E-state index in [4.69, 9.17) is 13.9 Å². The molecule has 1 amide bonds. The van der Waals surface area contributed by atoms with Crippen LogP contribution in [0, 0.1) is 6.92 Å². The zero-order valence-corrected chi connectivity index (χ0v) is 27.6. The predicted octanol–water partition coefficient (Wildman–Crippen LogP) is 9.38. The number of ether oxygens (including phenoxy) is 2. The van der Waals surface area contributed by atoms with Gasteiger partial charge in [-0.2, -0.15) is 0 Å². The lowest BCUT2D eigenvalue weighted by Crippen LogP contribution is -2.35. The number of nitrogens with zero attached hydrogens (tertiary/aromatic N) is 2. The Kier molecular flexibility index (Phi) is 16.8. The van der Waals surface area contributed by atoms with Crippen LogP contribution in [0.25, 0.3) is 11.5 Å². The molecule has 0 aliphatic heterocycles. The molecule has 1 heterocycles. The molecule has 0 atom stereocenters. The Morgan fingerprint density at radius 2 is 1.36 bits per heavy atom. The highest BCUT2D eigenvalue weighted by Gasteiger charge is 2.24. The first-order chi connectivity index (χ1) is 20.1. The topological polar surface area (TPSA) is 86.5 Å². The average molecular weight is 586 g/mol. The van der Waals surface area contributed by atoms with Crippen LogP contribution in [0.1, 0.15) is 143 Å². The highest BCUT2D eigenvalue weighted by atomic mass is 16.5. The van der Waals surface area contributed by atoms with Crippen molar-refractivity contribution < 1.29 is 18.7 Å². The number of carbonyl (C=O) groups excluding carboxylic acids is 1. The van der Waals surface area contributed by atoms with Gasteiger partial charge in [0.05, 0.1) is 12.2 Å². The van der Waals surface area contributed by atoms with Crippen LogP contribution in [-0.4, -0.2) is 40.5 Å². The van der Waals surface area contributed by atoms with E-state index in [2.05, 4.69) is 50.1 Å². The fourth-order valence-electron chi connectivity index (χ4n) is 4.99. The molecular weight excluding hydrogens is 526 g/mol. The summed E-state index contributed by atoms with van der Waals surface area (Å²) >= 11 is 0. The van der Waals surface area contributed by atoms with Crippen LogP contribution in [0.2, 0.25) is 0 Å². The van der Waals surface area contributed by atoms with Gasteiger partial charge < -0.3 is 19.2 Å². The van der Waals surface area contributed by atoms with Gasteiger partial charge in [-0.3, -0.25) is 4.79 Å². The van der Waals surface area contributed by atoms with Crippen molar-refractivity contribution in [1.82, 2.24) is 15.5 Å². The first kappa shape index (κ1) is 35.8. The molecule has 1 aromatic carbocycles. The number of amides is 1. The van der Waals surface area contributed by atoms with Crippen molar-refractivity contribution in [2.45, 2.75) is 155 Å². The Morgan fingerprint density at radius 1 is 0.786 bits per heavy atom. The van der Waals surface area contributed by atoms with Crippen LogP contribution >= 0.6 is 0 Å². The number of carbonyl (C=O) groups is 1. The van der Waals surface area contributed by atoms with E-state index in [0.717, 1.165) is 37.0 Å². The van der Waals surface area contributed by atoms with Crippen molar-refractivity contribution in [3.63, 3.8) is 0 Å². The van der Waals surface area contributed by atoms with Crippen LogP contribution in [0.15, 0.2) is 28.7 Å². The minimum absolute atomic E-state index is 0.156. The summed E-state index contributed by atoms with van der Waals surface area (Å²) in [5, 5.41) is 11.0. The fraction of sp³-hybridized carbons (Fsp3) is 0.743. The molecule has 0 saturated heterocycles. The number of hydrogen-bond acceptors (Lipinski definition) is 6. The molecule has 0 aliphatic rings. The van der Waals surface area contributed by atoms with E-state index in [9.17, 15) is 4.79 Å². The van der Waals surface area contributed by atoms with Gasteiger partial charge in [-0.05, 0) is 64.8 Å². The SMILES string of the molecule is CCCCCCCCCCCCCCCC(=O)NCCC(C)(C)OCCC(C)(C)Oc1ccc(-c2nnc(C)o2)cc1. The summed E-state index contributed by atoms with van der Waals surface area (Å²) in [6, 6.07) is 7.68. The Labute approximate surface area is 255 Å². The molecule has 2 rings (SSSR count). The normalized spacial score (nSPS) is 12.0. The summed E-state index contributed by atoms with van der Waals surface area (Å²) in [5.41, 5.74) is 0.158. The van der Waals surface area contributed by atoms with Gasteiger partial charge in [0.2, 0.25) is 17.7 Å². The highest BCUT2D eigenvalue weighted by Crippen LogP contribution is 2.26. The summed E-state index contributed by atoms with van der Waals surface area (Å²) in [6.45, 7) is 13.5. The molecule has 1 aromatic heterocycles. The fourth-order valence-corrected chi connectivity index (χ4v) is 4.99. The van der Waals surface area contributed by atoms with Crippen molar-refractivity contribution in [3.8, 4) is 17.2 Å². The van der Waals surface area contributed by atoms with Gasteiger partial charge in [0, 0.05) is 31.9 Å². The summed E-state index contributed by atoms with van der Waals surface area (Å²) in [6.07, 6.45) is 19.3. The van der Waals surface area contributed by atoms with E-state index in [-0.39, 0.29) is 17.1 Å². The molecule has 0 fully saturated rings. The van der Waals surface area contributed by atoms with E-state index in [1.165, 1.54) is 70.6 Å². The summed E-state index contributed by atoms with van der Waals surface area (Å²) in [5.74, 6) is 1.99. The monoisotopic (exact) mass is 585 g/mol. The Bertz CT molecular complexity index is 984. The third-order valence-electron chi connectivity index (χ3n) is 7.77. The molecule has 1 N–H and O–H groups in total. The zero-order valence-electron chi connectivity index (χ0n) is 27.6. The number of hydrogen-bond donors (Lipinski definition) is 1. The van der Waals surface area contributed by atoms with Gasteiger partial charge in [-0.1, -0.05) is 84.0 Å². The second-order valence-corrected chi connectivity index (χ2v) is 13.0. The first-order valence-electron chi connectivity index (χ1n) is 16.6. The van der Waals surface area contributed by atoms with Crippen molar-refractivity contribution in [3.05, 3.63) is 30.2 Å². The van der Waals surface area contributed by atoms with E-state index in [1.54, 1.807) is 6.92 Å². The lowest BCUT2D eigenvalue weighted by Gasteiger charge is -2.30. The van der Waals surface area contributed by atoms with Crippen molar-refractivity contribution in [2.24, 2.45) is 0 Å². The molecule has 238 valence electrons. The predicted molar refractivity (Wildman–Crippen MR) is 172 cm³/mol. The quantitative estimate of drug-likeness (QED) is 0.124. The van der Waals surface area contributed by atoms with E-state index < -0.39 is 0 Å². The maximum Gasteiger partial charge on any atom is 0.247 e. The Morgan fingerprint density at radius 3 is 1.90 bits per heavy atom. The molecule has 42 heavy (non-hydrogen) atoms. The van der Waals surface area contributed by atoms with E-state index >= 15 is 0 Å².